The maximum Gasteiger partial charge on any atom is 0.0644 e. The van der Waals surface area contributed by atoms with Crippen LogP contribution in [-0.4, -0.2) is 9.78 Å². The van der Waals surface area contributed by atoms with Gasteiger partial charge in [-0.3, -0.25) is 4.68 Å². The van der Waals surface area contributed by atoms with Gasteiger partial charge in [-0.2, -0.15) is 5.10 Å². The maximum absolute atomic E-state index is 5.58. The molecule has 1 aromatic heterocycles. The molecule has 64 valence electrons. The summed E-state index contributed by atoms with van der Waals surface area (Å²) in [5, 5.41) is 4.11. The van der Waals surface area contributed by atoms with Crippen LogP contribution in [0.1, 0.15) is 25.2 Å². The van der Waals surface area contributed by atoms with Crippen LogP contribution in [-0.2, 0) is 12.9 Å². The molecule has 0 aliphatic rings. The predicted molar refractivity (Wildman–Crippen MR) is 48.9 cm³/mol. The van der Waals surface area contributed by atoms with Gasteiger partial charge in [0.25, 0.3) is 0 Å². The highest BCUT2D eigenvalue weighted by Gasteiger charge is 1.97. The smallest absolute Gasteiger partial charge is 0.0644 e. The van der Waals surface area contributed by atoms with Gasteiger partial charge >= 0.3 is 0 Å². The van der Waals surface area contributed by atoms with Gasteiger partial charge in [-0.15, -0.1) is 11.6 Å². The van der Waals surface area contributed by atoms with Crippen LogP contribution in [0.4, 0.5) is 0 Å². The minimum absolute atomic E-state index is 0.539. The Balaban J connectivity index is 0.000000461. The van der Waals surface area contributed by atoms with Crippen molar-refractivity contribution in [2.45, 2.75) is 26.7 Å². The molecule has 1 aromatic rings. The molecule has 0 N–H and O–H groups in total. The lowest BCUT2D eigenvalue weighted by Gasteiger charge is -1.91. The largest absolute Gasteiger partial charge is 0.271 e. The van der Waals surface area contributed by atoms with E-state index in [0.717, 1.165) is 11.4 Å². The fourth-order valence-electron chi connectivity index (χ4n) is 0.789. The topological polar surface area (TPSA) is 17.8 Å². The van der Waals surface area contributed by atoms with E-state index < -0.39 is 0 Å². The predicted octanol–water partition coefficient (Wildman–Crippen LogP) is 2.49. The minimum atomic E-state index is 0.539. The molecule has 0 amide bonds. The molecule has 0 saturated heterocycles. The summed E-state index contributed by atoms with van der Waals surface area (Å²) >= 11 is 5.58. The molecule has 0 aliphatic carbocycles. The Morgan fingerprint density at radius 1 is 1.55 bits per heavy atom. The highest BCUT2D eigenvalue weighted by Crippen LogP contribution is 2.03. The average molecular weight is 175 g/mol. The van der Waals surface area contributed by atoms with Crippen molar-refractivity contribution < 1.29 is 0 Å². The molecule has 0 bridgehead atoms. The van der Waals surface area contributed by atoms with E-state index >= 15 is 0 Å². The van der Waals surface area contributed by atoms with Gasteiger partial charge in [0.2, 0.25) is 0 Å². The molecule has 0 fully saturated rings. The third-order valence-electron chi connectivity index (χ3n) is 1.24. The maximum atomic E-state index is 5.58. The van der Waals surface area contributed by atoms with E-state index in [-0.39, 0.29) is 0 Å². The molecule has 0 unspecified atom stereocenters. The highest BCUT2D eigenvalue weighted by molar-refractivity contribution is 6.16. The summed E-state index contributed by atoms with van der Waals surface area (Å²) in [7, 11) is 1.89. The van der Waals surface area contributed by atoms with Crippen LogP contribution >= 0.6 is 11.6 Å². The fraction of sp³-hybridized carbons (Fsp3) is 0.625. The molecule has 0 saturated carbocycles. The molecular formula is C8H15ClN2. The number of nitrogens with zero attached hydrogens (tertiary/aromatic N) is 2. The van der Waals surface area contributed by atoms with E-state index in [9.17, 15) is 0 Å². The molecule has 1 heterocycles. The lowest BCUT2D eigenvalue weighted by molar-refractivity contribution is 0.726. The van der Waals surface area contributed by atoms with Crippen LogP contribution in [0.2, 0.25) is 0 Å². The second-order valence-electron chi connectivity index (χ2n) is 2.03. The van der Waals surface area contributed by atoms with Crippen molar-refractivity contribution in [1.82, 2.24) is 9.78 Å². The Morgan fingerprint density at radius 3 is 2.27 bits per heavy atom. The summed E-state index contributed by atoms with van der Waals surface area (Å²) in [5.74, 6) is 0.539. The number of alkyl halides is 1. The Labute approximate surface area is 73.2 Å². The number of hydrogen-bond acceptors (Lipinski definition) is 1. The molecule has 1 rings (SSSR count). The van der Waals surface area contributed by atoms with Crippen molar-refractivity contribution in [3.05, 3.63) is 17.5 Å². The summed E-state index contributed by atoms with van der Waals surface area (Å²) in [6.07, 6.45) is 0. The first-order chi connectivity index (χ1) is 5.24. The Bertz CT molecular complexity index is 206. The minimum Gasteiger partial charge on any atom is -0.271 e. The van der Waals surface area contributed by atoms with Crippen molar-refractivity contribution >= 4 is 11.6 Å². The quantitative estimate of drug-likeness (QED) is 0.599. The second-order valence-corrected chi connectivity index (χ2v) is 2.30. The normalized spacial score (nSPS) is 8.82. The molecule has 0 aliphatic heterocycles. The van der Waals surface area contributed by atoms with E-state index in [0.29, 0.717) is 5.88 Å². The molecule has 0 radical (unpaired) electrons. The van der Waals surface area contributed by atoms with Crippen molar-refractivity contribution in [3.63, 3.8) is 0 Å². The lowest BCUT2D eigenvalue weighted by Crippen LogP contribution is -1.94. The van der Waals surface area contributed by atoms with Gasteiger partial charge in [-0.1, -0.05) is 13.8 Å². The standard InChI is InChI=1S/C6H9ClN2.C2H6/c1-5-3-6(4-7)9(2)8-5;1-2/h3H,4H2,1-2H3;1-2H3. The second kappa shape index (κ2) is 5.19. The summed E-state index contributed by atoms with van der Waals surface area (Å²) in [5.41, 5.74) is 2.09. The molecule has 0 aromatic carbocycles. The summed E-state index contributed by atoms with van der Waals surface area (Å²) in [6, 6.07) is 1.98. The van der Waals surface area contributed by atoms with Gasteiger partial charge < -0.3 is 0 Å². The number of halogens is 1. The average Bonchev–Trinajstić information content (AvgIpc) is 2.33. The van der Waals surface area contributed by atoms with Gasteiger partial charge in [0.15, 0.2) is 0 Å². The number of rotatable bonds is 1. The van der Waals surface area contributed by atoms with Gasteiger partial charge in [-0.05, 0) is 13.0 Å². The van der Waals surface area contributed by atoms with E-state index in [2.05, 4.69) is 5.10 Å². The van der Waals surface area contributed by atoms with Crippen molar-refractivity contribution in [1.29, 1.82) is 0 Å². The van der Waals surface area contributed by atoms with Crippen molar-refractivity contribution in [3.8, 4) is 0 Å². The molecule has 0 atom stereocenters. The Kier molecular flexibility index (Phi) is 4.95. The van der Waals surface area contributed by atoms with Crippen LogP contribution in [0, 0.1) is 6.92 Å². The van der Waals surface area contributed by atoms with Crippen LogP contribution in [0.25, 0.3) is 0 Å². The lowest BCUT2D eigenvalue weighted by atomic mass is 10.4. The van der Waals surface area contributed by atoms with Gasteiger partial charge in [0, 0.05) is 7.05 Å². The van der Waals surface area contributed by atoms with Crippen molar-refractivity contribution in [2.24, 2.45) is 7.05 Å². The summed E-state index contributed by atoms with van der Waals surface area (Å²) < 4.78 is 1.79. The van der Waals surface area contributed by atoms with E-state index in [1.165, 1.54) is 0 Å². The molecule has 2 nitrogen and oxygen atoms in total. The molecule has 0 spiro atoms. The van der Waals surface area contributed by atoms with Gasteiger partial charge in [0.1, 0.15) is 0 Å². The SMILES string of the molecule is CC.Cc1cc(CCl)n(C)n1. The molecule has 3 heteroatoms. The zero-order chi connectivity index (χ0) is 8.85. The highest BCUT2D eigenvalue weighted by atomic mass is 35.5. The molecular weight excluding hydrogens is 160 g/mol. The van der Waals surface area contributed by atoms with Crippen LogP contribution in [0.5, 0.6) is 0 Å². The zero-order valence-electron chi connectivity index (χ0n) is 7.56. The summed E-state index contributed by atoms with van der Waals surface area (Å²) in [4.78, 5) is 0. The van der Waals surface area contributed by atoms with Gasteiger partial charge in [0.05, 0.1) is 17.3 Å². The first-order valence-corrected chi connectivity index (χ1v) is 4.33. The zero-order valence-corrected chi connectivity index (χ0v) is 8.31. The van der Waals surface area contributed by atoms with E-state index in [1.807, 2.05) is 33.9 Å². The Morgan fingerprint density at radius 2 is 2.09 bits per heavy atom. The fourth-order valence-corrected chi connectivity index (χ4v) is 1.04. The summed E-state index contributed by atoms with van der Waals surface area (Å²) in [6.45, 7) is 5.95. The van der Waals surface area contributed by atoms with Crippen molar-refractivity contribution in [2.75, 3.05) is 0 Å². The third kappa shape index (κ3) is 2.93. The van der Waals surface area contributed by atoms with Crippen LogP contribution in [0.15, 0.2) is 6.07 Å². The monoisotopic (exact) mass is 174 g/mol. The first-order valence-electron chi connectivity index (χ1n) is 3.79. The number of hydrogen-bond donors (Lipinski definition) is 0. The number of aryl methyl sites for hydroxylation is 2. The van der Waals surface area contributed by atoms with Crippen LogP contribution < -0.4 is 0 Å². The third-order valence-corrected chi connectivity index (χ3v) is 1.51. The number of aromatic nitrogens is 2. The van der Waals surface area contributed by atoms with Gasteiger partial charge in [-0.25, -0.2) is 0 Å². The van der Waals surface area contributed by atoms with E-state index in [4.69, 9.17) is 11.6 Å². The first kappa shape index (κ1) is 10.5. The van der Waals surface area contributed by atoms with Crippen LogP contribution in [0.3, 0.4) is 0 Å². The van der Waals surface area contributed by atoms with E-state index in [1.54, 1.807) is 4.68 Å². The Hall–Kier alpha value is -0.500. The molecule has 11 heavy (non-hydrogen) atoms.